The van der Waals surface area contributed by atoms with E-state index in [1.165, 1.54) is 12.8 Å². The van der Waals surface area contributed by atoms with E-state index in [1.54, 1.807) is 11.3 Å². The van der Waals surface area contributed by atoms with Crippen molar-refractivity contribution in [1.82, 2.24) is 15.2 Å². The van der Waals surface area contributed by atoms with E-state index < -0.39 is 0 Å². The fraction of sp³-hybridized carbons (Fsp3) is 0.385. The molecule has 0 unspecified atom stereocenters. The lowest BCUT2D eigenvalue weighted by atomic mass is 10.1. The van der Waals surface area contributed by atoms with E-state index >= 15 is 0 Å². The molecule has 3 rings (SSSR count). The number of nitrogens with zero attached hydrogens (tertiary/aromatic N) is 3. The normalized spacial score (nSPS) is 14.3. The van der Waals surface area contributed by atoms with Gasteiger partial charge in [-0.3, -0.25) is 0 Å². The van der Waals surface area contributed by atoms with Gasteiger partial charge in [-0.2, -0.15) is 5.10 Å². The highest BCUT2D eigenvalue weighted by molar-refractivity contribution is 7.80. The zero-order valence-corrected chi connectivity index (χ0v) is 12.9. The highest BCUT2D eigenvalue weighted by Gasteiger charge is 2.26. The molecule has 2 aromatic heterocycles. The number of aryl methyl sites for hydroxylation is 1. The van der Waals surface area contributed by atoms with Gasteiger partial charge < -0.3 is 11.1 Å². The van der Waals surface area contributed by atoms with Crippen LogP contribution in [0.4, 0.5) is 10.9 Å². The van der Waals surface area contributed by atoms with Crippen LogP contribution >= 0.6 is 23.6 Å². The molecule has 0 spiro atoms. The Bertz CT molecular complexity index is 675. The largest absolute Gasteiger partial charge is 0.389 e. The van der Waals surface area contributed by atoms with E-state index in [2.05, 4.69) is 25.9 Å². The SMILES string of the molecule is Cc1nnc(Nc2nc(C3CC3)cs2)c(C(N)=S)c1C. The molecule has 2 aromatic rings. The molecule has 1 aliphatic rings. The molecule has 5 nitrogen and oxygen atoms in total. The van der Waals surface area contributed by atoms with Crippen LogP contribution in [0.5, 0.6) is 0 Å². The van der Waals surface area contributed by atoms with Crippen molar-refractivity contribution in [3.63, 3.8) is 0 Å². The first kappa shape index (κ1) is 13.4. The Morgan fingerprint density at radius 3 is 2.80 bits per heavy atom. The summed E-state index contributed by atoms with van der Waals surface area (Å²) in [5.41, 5.74) is 9.50. The third-order valence-electron chi connectivity index (χ3n) is 3.44. The predicted molar refractivity (Wildman–Crippen MR) is 84.8 cm³/mol. The van der Waals surface area contributed by atoms with Gasteiger partial charge in [0.25, 0.3) is 0 Å². The van der Waals surface area contributed by atoms with Gasteiger partial charge in [0.1, 0.15) is 4.99 Å². The number of anilines is 2. The molecular formula is C13H15N5S2. The summed E-state index contributed by atoms with van der Waals surface area (Å²) in [6.07, 6.45) is 2.48. The number of thiocarbonyl (C=S) groups is 1. The molecule has 1 fully saturated rings. The number of nitrogens with two attached hydrogens (primary N) is 1. The average Bonchev–Trinajstić information content (AvgIpc) is 3.15. The molecule has 3 N–H and O–H groups in total. The van der Waals surface area contributed by atoms with Crippen LogP contribution in [-0.4, -0.2) is 20.2 Å². The van der Waals surface area contributed by atoms with Crippen LogP contribution in [0, 0.1) is 13.8 Å². The first-order valence-electron chi connectivity index (χ1n) is 6.42. The first-order chi connectivity index (χ1) is 9.56. The third-order valence-corrected chi connectivity index (χ3v) is 4.42. The van der Waals surface area contributed by atoms with Crippen molar-refractivity contribution in [3.8, 4) is 0 Å². The van der Waals surface area contributed by atoms with Crippen LogP contribution in [0.1, 0.15) is 41.3 Å². The van der Waals surface area contributed by atoms with E-state index in [0.29, 0.717) is 16.7 Å². The van der Waals surface area contributed by atoms with Crippen molar-refractivity contribution < 1.29 is 0 Å². The molecule has 20 heavy (non-hydrogen) atoms. The van der Waals surface area contributed by atoms with E-state index in [-0.39, 0.29) is 0 Å². The summed E-state index contributed by atoms with van der Waals surface area (Å²) in [6, 6.07) is 0. The summed E-state index contributed by atoms with van der Waals surface area (Å²) in [7, 11) is 0. The number of aromatic nitrogens is 3. The Morgan fingerprint density at radius 2 is 2.15 bits per heavy atom. The second-order valence-electron chi connectivity index (χ2n) is 4.98. The van der Waals surface area contributed by atoms with E-state index in [1.807, 2.05) is 13.8 Å². The van der Waals surface area contributed by atoms with Gasteiger partial charge in [-0.15, -0.1) is 16.4 Å². The summed E-state index contributed by atoms with van der Waals surface area (Å²) in [4.78, 5) is 4.90. The fourth-order valence-corrected chi connectivity index (χ4v) is 3.05. The highest BCUT2D eigenvalue weighted by Crippen LogP contribution is 2.41. The molecule has 0 saturated heterocycles. The molecule has 7 heteroatoms. The molecule has 0 atom stereocenters. The molecule has 0 radical (unpaired) electrons. The fourth-order valence-electron chi connectivity index (χ4n) is 2.01. The Hall–Kier alpha value is -1.60. The maximum Gasteiger partial charge on any atom is 0.188 e. The summed E-state index contributed by atoms with van der Waals surface area (Å²) < 4.78 is 0. The minimum Gasteiger partial charge on any atom is -0.389 e. The van der Waals surface area contributed by atoms with Gasteiger partial charge in [0.2, 0.25) is 0 Å². The number of thiazole rings is 1. The maximum atomic E-state index is 5.81. The topological polar surface area (TPSA) is 76.7 Å². The lowest BCUT2D eigenvalue weighted by molar-refractivity contribution is 0.961. The third kappa shape index (κ3) is 2.51. The summed E-state index contributed by atoms with van der Waals surface area (Å²) in [5, 5.41) is 14.4. The Balaban J connectivity index is 1.92. The molecule has 104 valence electrons. The molecule has 0 bridgehead atoms. The van der Waals surface area contributed by atoms with Gasteiger partial charge >= 0.3 is 0 Å². The monoisotopic (exact) mass is 305 g/mol. The quantitative estimate of drug-likeness (QED) is 0.846. The summed E-state index contributed by atoms with van der Waals surface area (Å²) >= 11 is 6.69. The van der Waals surface area contributed by atoms with E-state index in [4.69, 9.17) is 18.0 Å². The average molecular weight is 305 g/mol. The molecule has 1 saturated carbocycles. The van der Waals surface area contributed by atoms with Crippen molar-refractivity contribution >= 4 is 39.5 Å². The van der Waals surface area contributed by atoms with Crippen molar-refractivity contribution in [2.75, 3.05) is 5.32 Å². The van der Waals surface area contributed by atoms with Crippen LogP contribution < -0.4 is 11.1 Å². The number of hydrogen-bond acceptors (Lipinski definition) is 6. The number of hydrogen-bond donors (Lipinski definition) is 2. The smallest absolute Gasteiger partial charge is 0.188 e. The molecule has 2 heterocycles. The highest BCUT2D eigenvalue weighted by atomic mass is 32.1. The predicted octanol–water partition coefficient (Wildman–Crippen LogP) is 2.81. The van der Waals surface area contributed by atoms with Gasteiger partial charge in [-0.1, -0.05) is 12.2 Å². The maximum absolute atomic E-state index is 5.81. The zero-order chi connectivity index (χ0) is 14.3. The van der Waals surface area contributed by atoms with Gasteiger partial charge in [0.15, 0.2) is 10.9 Å². The van der Waals surface area contributed by atoms with Crippen LogP contribution in [0.15, 0.2) is 5.38 Å². The van der Waals surface area contributed by atoms with Crippen molar-refractivity contribution in [3.05, 3.63) is 27.9 Å². The van der Waals surface area contributed by atoms with E-state index in [0.717, 1.165) is 27.6 Å². The lowest BCUT2D eigenvalue weighted by Gasteiger charge is -2.11. The Kier molecular flexibility index (Phi) is 3.39. The second-order valence-corrected chi connectivity index (χ2v) is 6.27. The molecule has 0 aromatic carbocycles. The minimum atomic E-state index is 0.321. The molecule has 0 aliphatic heterocycles. The van der Waals surface area contributed by atoms with Crippen LogP contribution in [0.3, 0.4) is 0 Å². The molecule has 0 amide bonds. The van der Waals surface area contributed by atoms with Gasteiger partial charge in [0, 0.05) is 11.3 Å². The Labute approximate surface area is 126 Å². The number of nitrogens with one attached hydrogen (secondary N) is 1. The standard InChI is InChI=1S/C13H15N5S2/c1-6-7(2)17-18-12(10(6)11(14)19)16-13-15-9(5-20-13)8-3-4-8/h5,8H,3-4H2,1-2H3,(H2,14,19)(H,15,16,18). The van der Waals surface area contributed by atoms with Gasteiger partial charge in [0.05, 0.1) is 17.0 Å². The zero-order valence-electron chi connectivity index (χ0n) is 11.3. The summed E-state index contributed by atoms with van der Waals surface area (Å²) in [6.45, 7) is 3.84. The molecular weight excluding hydrogens is 290 g/mol. The molecule has 1 aliphatic carbocycles. The lowest BCUT2D eigenvalue weighted by Crippen LogP contribution is -2.16. The van der Waals surface area contributed by atoms with Crippen LogP contribution in [-0.2, 0) is 0 Å². The van der Waals surface area contributed by atoms with Crippen molar-refractivity contribution in [1.29, 1.82) is 0 Å². The van der Waals surface area contributed by atoms with Crippen molar-refractivity contribution in [2.24, 2.45) is 5.73 Å². The van der Waals surface area contributed by atoms with Crippen molar-refractivity contribution in [2.45, 2.75) is 32.6 Å². The van der Waals surface area contributed by atoms with Crippen LogP contribution in [0.2, 0.25) is 0 Å². The van der Waals surface area contributed by atoms with Crippen LogP contribution in [0.25, 0.3) is 0 Å². The second kappa shape index (κ2) is 5.06. The summed E-state index contributed by atoms with van der Waals surface area (Å²) in [5.74, 6) is 1.22. The number of rotatable bonds is 4. The minimum absolute atomic E-state index is 0.321. The first-order valence-corrected chi connectivity index (χ1v) is 7.71. The van der Waals surface area contributed by atoms with Gasteiger partial charge in [-0.25, -0.2) is 4.98 Å². The van der Waals surface area contributed by atoms with E-state index in [9.17, 15) is 0 Å². The Morgan fingerprint density at radius 1 is 1.40 bits per heavy atom. The van der Waals surface area contributed by atoms with Gasteiger partial charge in [-0.05, 0) is 32.3 Å².